The van der Waals surface area contributed by atoms with Crippen LogP contribution in [0.4, 0.5) is 60.5 Å². The van der Waals surface area contributed by atoms with Gasteiger partial charge < -0.3 is 50.1 Å². The molecule has 4 saturated carbocycles. The fourth-order valence-corrected chi connectivity index (χ4v) is 23.8. The van der Waals surface area contributed by atoms with Gasteiger partial charge in [0.2, 0.25) is 0 Å². The second-order valence-electron chi connectivity index (χ2n) is 38.6. The first kappa shape index (κ1) is 94.3. The summed E-state index contributed by atoms with van der Waals surface area (Å²) in [6.07, 6.45) is 8.63. The number of halogens is 6. The number of anilines is 4. The van der Waals surface area contributed by atoms with Crippen LogP contribution in [0.15, 0.2) is 180 Å². The SMILES string of the molecule is CC(C)c1ccccc1[C@@H]1CCCN1C1CC2(CCN(c3ccc(C(=O)NS(=O)(=O)c4ccc(NCC5CCC(O)(C(F)(F)F)CC5)c([N+](=O)[O-])c4)c(Oc4cnc5[nH]ccc5c4)c3)CC2)C1.CC(C)c1ccccc1[C@@H]1CCCN1C1CC2(CCN(c3ccc(C(=O)NS(=O)(=O)c4ccc(NCC5CCC(O)(C(F)(F)F)CC5)c([N+](=O)[O-])c4)c(Oc4cnc5[nH]ccc5c4)c3)CC2)C1. The van der Waals surface area contributed by atoms with Gasteiger partial charge in [-0.2, -0.15) is 26.3 Å². The Labute approximate surface area is 773 Å². The van der Waals surface area contributed by atoms with Gasteiger partial charge in [0.25, 0.3) is 43.2 Å². The normalized spacial score (nSPS) is 22.9. The number of pyridine rings is 2. The van der Waals surface area contributed by atoms with E-state index >= 15 is 0 Å². The average molecular weight is 1890 g/mol. The highest BCUT2D eigenvalue weighted by Gasteiger charge is 2.57. The van der Waals surface area contributed by atoms with Gasteiger partial charge in [-0.1, -0.05) is 76.2 Å². The predicted molar refractivity (Wildman–Crippen MR) is 496 cm³/mol. The number of carbonyl (C=O) groups excluding carboxylic acids is 2. The van der Waals surface area contributed by atoms with Crippen LogP contribution >= 0.6 is 0 Å². The summed E-state index contributed by atoms with van der Waals surface area (Å²) in [7, 11) is -9.36. The number of nitro benzene ring substituents is 2. The van der Waals surface area contributed by atoms with Crippen molar-refractivity contribution in [3.8, 4) is 23.0 Å². The number of sulfonamides is 2. The van der Waals surface area contributed by atoms with Crippen LogP contribution in [-0.2, 0) is 20.0 Å². The van der Waals surface area contributed by atoms with Crippen molar-refractivity contribution < 1.29 is 82.3 Å². The number of benzene rings is 6. The third-order valence-electron chi connectivity index (χ3n) is 29.6. The lowest BCUT2D eigenvalue weighted by Crippen LogP contribution is -2.55. The molecule has 28 nitrogen and oxygen atoms in total. The van der Waals surface area contributed by atoms with E-state index in [9.17, 15) is 83.2 Å². The number of aromatic nitrogens is 4. The molecule has 2 spiro atoms. The number of H-pyrrole nitrogens is 2. The van der Waals surface area contributed by atoms with E-state index in [4.69, 9.17) is 9.47 Å². The summed E-state index contributed by atoms with van der Waals surface area (Å²) in [5.41, 5.74) is 2.23. The molecule has 10 aromatic rings. The van der Waals surface area contributed by atoms with Crippen molar-refractivity contribution in [2.45, 2.75) is 225 Å². The molecule has 18 rings (SSSR count). The zero-order valence-corrected chi connectivity index (χ0v) is 76.7. The van der Waals surface area contributed by atoms with Crippen molar-refractivity contribution in [3.63, 3.8) is 0 Å². The second-order valence-corrected chi connectivity index (χ2v) is 42.0. The molecule has 0 bridgehead atoms. The molecule has 4 saturated heterocycles. The molecule has 0 unspecified atom stereocenters. The monoisotopic (exact) mass is 1890 g/mol. The number of alkyl halides is 6. The number of piperidine rings is 2. The Morgan fingerprint density at radius 1 is 0.500 bits per heavy atom. The number of hydrogen-bond acceptors (Lipinski definition) is 22. The van der Waals surface area contributed by atoms with E-state index in [2.05, 4.69) is 136 Å². The molecule has 4 aromatic heterocycles. The van der Waals surface area contributed by atoms with Gasteiger partial charge in [-0.25, -0.2) is 36.2 Å². The molecule has 8 fully saturated rings. The maximum Gasteiger partial charge on any atom is 0.417 e. The number of rotatable bonds is 26. The van der Waals surface area contributed by atoms with Gasteiger partial charge in [-0.15, -0.1) is 0 Å². The first-order valence-electron chi connectivity index (χ1n) is 46.3. The molecule has 6 aromatic carbocycles. The van der Waals surface area contributed by atoms with Crippen LogP contribution in [0, 0.1) is 42.9 Å². The van der Waals surface area contributed by atoms with Gasteiger partial charge in [0.1, 0.15) is 45.7 Å². The maximum absolute atomic E-state index is 14.0. The van der Waals surface area contributed by atoms with E-state index < -0.39 is 112 Å². The molecule has 2 atom stereocenters. The van der Waals surface area contributed by atoms with Crippen molar-refractivity contribution in [2.75, 3.05) is 72.8 Å². The van der Waals surface area contributed by atoms with Crippen molar-refractivity contribution in [2.24, 2.45) is 22.7 Å². The van der Waals surface area contributed by atoms with Crippen LogP contribution in [0.5, 0.6) is 23.0 Å². The highest BCUT2D eigenvalue weighted by molar-refractivity contribution is 7.90. The number of nitrogens with zero attached hydrogens (tertiary/aromatic N) is 8. The van der Waals surface area contributed by atoms with Gasteiger partial charge in [0.15, 0.2) is 11.2 Å². The summed E-state index contributed by atoms with van der Waals surface area (Å²) in [6, 6.07) is 43.2. The molecule has 8 aliphatic rings. The van der Waals surface area contributed by atoms with Crippen molar-refractivity contribution in [1.82, 2.24) is 39.2 Å². The minimum absolute atomic E-state index is 0.0346. The number of aromatic amines is 2. The molecule has 0 radical (unpaired) electrons. The molecule has 36 heteroatoms. The van der Waals surface area contributed by atoms with E-state index in [0.717, 1.165) is 111 Å². The Bertz CT molecular complexity index is 5890. The molecule has 4 aliphatic carbocycles. The van der Waals surface area contributed by atoms with Crippen LogP contribution in [0.2, 0.25) is 0 Å². The Kier molecular flexibility index (Phi) is 26.5. The predicted octanol–water partition coefficient (Wildman–Crippen LogP) is 20.0. The first-order chi connectivity index (χ1) is 63.8. The van der Waals surface area contributed by atoms with Crippen LogP contribution in [0.1, 0.15) is 223 Å². The summed E-state index contributed by atoms with van der Waals surface area (Å²) in [4.78, 5) is 74.5. The van der Waals surface area contributed by atoms with E-state index in [1.807, 2.05) is 12.1 Å². The van der Waals surface area contributed by atoms with Gasteiger partial charge in [-0.05, 0) is 271 Å². The summed E-state index contributed by atoms with van der Waals surface area (Å²) < 4.78 is 151. The van der Waals surface area contributed by atoms with E-state index in [1.165, 1.54) is 110 Å². The number of hydrogen-bond donors (Lipinski definition) is 8. The quantitative estimate of drug-likeness (QED) is 0.0142. The Hall–Kier alpha value is -11.4. The summed E-state index contributed by atoms with van der Waals surface area (Å²) in [5.74, 6) is -0.910. The van der Waals surface area contributed by atoms with Crippen molar-refractivity contribution in [1.29, 1.82) is 0 Å². The Balaban J connectivity index is 0.000000187. The van der Waals surface area contributed by atoms with Gasteiger partial charge in [0, 0.05) is 122 Å². The minimum Gasteiger partial charge on any atom is -0.455 e. The van der Waals surface area contributed by atoms with Crippen LogP contribution in [0.3, 0.4) is 0 Å². The lowest BCUT2D eigenvalue weighted by molar-refractivity contribution is -0.384. The number of nitrogens with one attached hydrogen (secondary N) is 6. The zero-order chi connectivity index (χ0) is 94.6. The smallest absolute Gasteiger partial charge is 0.417 e. The van der Waals surface area contributed by atoms with Crippen LogP contribution in [0.25, 0.3) is 22.1 Å². The maximum atomic E-state index is 14.0. The Morgan fingerprint density at radius 3 is 1.23 bits per heavy atom. The number of nitro groups is 2. The van der Waals surface area contributed by atoms with Crippen molar-refractivity contribution in [3.05, 3.63) is 224 Å². The van der Waals surface area contributed by atoms with Crippen LogP contribution < -0.4 is 39.4 Å². The fourth-order valence-electron chi connectivity index (χ4n) is 21.8. The van der Waals surface area contributed by atoms with E-state index in [-0.39, 0.29) is 95.4 Å². The van der Waals surface area contributed by atoms with Crippen molar-refractivity contribution >= 4 is 88.1 Å². The molecular formula is C98H112F6N14O14S2. The second kappa shape index (κ2) is 37.7. The average Bonchev–Trinajstić information content (AvgIpc) is 1.38. The molecular weight excluding hydrogens is 1780 g/mol. The minimum atomic E-state index is -4.76. The Morgan fingerprint density at radius 2 is 0.873 bits per heavy atom. The molecule has 8 N–H and O–H groups in total. The number of likely N-dealkylation sites (tertiary alicyclic amines) is 2. The molecule has 4 aliphatic heterocycles. The summed E-state index contributed by atoms with van der Waals surface area (Å²) >= 11 is 0. The molecule has 2 amide bonds. The number of fused-ring (bicyclic) bond motifs is 2. The molecule has 712 valence electrons. The topological polar surface area (TPSA) is 366 Å². The van der Waals surface area contributed by atoms with Crippen LogP contribution in [-0.4, -0.2) is 166 Å². The lowest BCUT2D eigenvalue weighted by Gasteiger charge is -2.56. The zero-order valence-electron chi connectivity index (χ0n) is 75.0. The summed E-state index contributed by atoms with van der Waals surface area (Å²) in [6.45, 7) is 14.7. The third-order valence-corrected chi connectivity index (χ3v) is 32.3. The standard InChI is InChI=1S/2C49H56F3N7O7S/c2*1-31(2)38-6-3-4-7-39(38)42-8-5-21-58(42)35-27-47(28-35)18-22-57(23-19-47)34-9-11-40(44(25-34)66-36-24-33-15-20-53-45(33)55-30-36)46(60)56-67(64,65)37-10-12-41(43(26-37)59(62)63)54-29-32-13-16-48(61,17-14-32)49(50,51)52/h2*3-4,6-7,9-12,15,20,24-26,30-32,35,42,54,61H,5,8,13-14,16-19,21-23,27-29H2,1-2H3,(H,53,55)(H,56,60)/t2*32?,42-,48?/m00/s1. The van der Waals surface area contributed by atoms with E-state index in [1.54, 1.807) is 48.8 Å². The lowest BCUT2D eigenvalue weighted by atomic mass is 9.59. The highest BCUT2D eigenvalue weighted by atomic mass is 32.2. The number of carbonyl (C=O) groups is 2. The largest absolute Gasteiger partial charge is 0.455 e. The highest BCUT2D eigenvalue weighted by Crippen LogP contribution is 2.57. The number of aliphatic hydroxyl groups is 2. The van der Waals surface area contributed by atoms with Gasteiger partial charge >= 0.3 is 12.4 Å². The van der Waals surface area contributed by atoms with E-state index in [0.29, 0.717) is 58.8 Å². The van der Waals surface area contributed by atoms with Gasteiger partial charge in [0.05, 0.1) is 43.2 Å². The van der Waals surface area contributed by atoms with Gasteiger partial charge in [-0.3, -0.25) is 39.6 Å². The number of amides is 2. The fraction of sp³-hybridized carbons (Fsp3) is 0.469. The molecule has 134 heavy (non-hydrogen) atoms. The molecule has 8 heterocycles. The third kappa shape index (κ3) is 19.9. The number of ether oxygens (including phenoxy) is 2. The summed E-state index contributed by atoms with van der Waals surface area (Å²) in [5, 5.41) is 51.6. The first-order valence-corrected chi connectivity index (χ1v) is 49.2.